The van der Waals surface area contributed by atoms with Crippen LogP contribution < -0.4 is 5.32 Å². The first-order valence-corrected chi connectivity index (χ1v) is 12.5. The molecule has 2 aromatic carbocycles. The molecule has 2 heterocycles. The van der Waals surface area contributed by atoms with Gasteiger partial charge in [0, 0.05) is 48.3 Å². The highest BCUT2D eigenvalue weighted by Crippen LogP contribution is 2.31. The number of hydrogen-bond acceptors (Lipinski definition) is 3. The van der Waals surface area contributed by atoms with Gasteiger partial charge in [-0.3, -0.25) is 9.59 Å². The van der Waals surface area contributed by atoms with E-state index in [1.54, 1.807) is 0 Å². The van der Waals surface area contributed by atoms with Gasteiger partial charge in [0.05, 0.1) is 0 Å². The monoisotopic (exact) mass is 472 g/mol. The molecule has 4 rings (SSSR count). The summed E-state index contributed by atoms with van der Waals surface area (Å²) in [6, 6.07) is 17.5. The Bertz CT molecular complexity index is 1200. The van der Waals surface area contributed by atoms with E-state index in [9.17, 15) is 9.59 Å². The van der Waals surface area contributed by atoms with Crippen molar-refractivity contribution in [3.8, 4) is 11.3 Å². The van der Waals surface area contributed by atoms with Crippen molar-refractivity contribution in [1.29, 1.82) is 0 Å². The van der Waals surface area contributed by atoms with Crippen molar-refractivity contribution in [2.24, 2.45) is 11.3 Å². The summed E-state index contributed by atoms with van der Waals surface area (Å²) in [7, 11) is 0. The van der Waals surface area contributed by atoms with Gasteiger partial charge in [0.15, 0.2) is 0 Å². The molecule has 5 heteroatoms. The number of carbonyl (C=O) groups excluding carboxylic acids is 2. The number of furan rings is 1. The van der Waals surface area contributed by atoms with Crippen LogP contribution in [0.3, 0.4) is 0 Å². The van der Waals surface area contributed by atoms with Gasteiger partial charge < -0.3 is 14.6 Å². The Morgan fingerprint density at radius 3 is 2.51 bits per heavy atom. The largest absolute Gasteiger partial charge is 0.461 e. The first-order chi connectivity index (χ1) is 16.6. The zero-order valence-electron chi connectivity index (χ0n) is 21.5. The summed E-state index contributed by atoms with van der Waals surface area (Å²) in [4.78, 5) is 27.3. The second-order valence-corrected chi connectivity index (χ2v) is 11.1. The summed E-state index contributed by atoms with van der Waals surface area (Å²) >= 11 is 0. The van der Waals surface area contributed by atoms with Gasteiger partial charge in [-0.1, -0.05) is 45.4 Å². The van der Waals surface area contributed by atoms with E-state index < -0.39 is 0 Å². The highest BCUT2D eigenvalue weighted by Gasteiger charge is 2.25. The molecular formula is C30H36N2O3. The van der Waals surface area contributed by atoms with Crippen molar-refractivity contribution in [3.05, 3.63) is 77.0 Å². The fourth-order valence-corrected chi connectivity index (χ4v) is 4.97. The molecule has 3 aromatic rings. The maximum absolute atomic E-state index is 13.0. The third-order valence-corrected chi connectivity index (χ3v) is 6.37. The number of hydrogen-bond donors (Lipinski definition) is 1. The molecule has 0 aliphatic carbocycles. The number of anilines is 1. The van der Waals surface area contributed by atoms with Gasteiger partial charge in [0.2, 0.25) is 5.91 Å². The van der Waals surface area contributed by atoms with Crippen LogP contribution in [0, 0.1) is 18.3 Å². The molecular weight excluding hydrogens is 436 g/mol. The van der Waals surface area contributed by atoms with Gasteiger partial charge in [-0.25, -0.2) is 0 Å². The Balaban J connectivity index is 1.38. The van der Waals surface area contributed by atoms with Crippen LogP contribution in [0.15, 0.2) is 59.0 Å². The van der Waals surface area contributed by atoms with Gasteiger partial charge in [0.25, 0.3) is 5.91 Å². The quantitative estimate of drug-likeness (QED) is 0.426. The van der Waals surface area contributed by atoms with Crippen molar-refractivity contribution in [1.82, 2.24) is 4.90 Å². The number of benzene rings is 2. The Morgan fingerprint density at radius 1 is 1.09 bits per heavy atom. The second-order valence-electron chi connectivity index (χ2n) is 11.1. The molecule has 1 aliphatic rings. The van der Waals surface area contributed by atoms with Crippen LogP contribution in [0.2, 0.25) is 0 Å². The van der Waals surface area contributed by atoms with Crippen LogP contribution in [0.25, 0.3) is 11.3 Å². The minimum absolute atomic E-state index is 0.0429. The molecule has 0 spiro atoms. The van der Waals surface area contributed by atoms with Gasteiger partial charge in [-0.2, -0.15) is 0 Å². The fraction of sp³-hybridized carbons (Fsp3) is 0.400. The lowest BCUT2D eigenvalue weighted by molar-refractivity contribution is -0.117. The first-order valence-electron chi connectivity index (χ1n) is 12.5. The molecule has 1 unspecified atom stereocenters. The van der Waals surface area contributed by atoms with Crippen LogP contribution in [0.4, 0.5) is 5.69 Å². The average molecular weight is 473 g/mol. The molecule has 5 nitrogen and oxygen atoms in total. The number of rotatable bonds is 6. The Morgan fingerprint density at radius 2 is 1.83 bits per heavy atom. The summed E-state index contributed by atoms with van der Waals surface area (Å²) in [6.07, 6.45) is 2.23. The number of carbonyl (C=O) groups is 2. The zero-order chi connectivity index (χ0) is 25.2. The van der Waals surface area contributed by atoms with E-state index >= 15 is 0 Å². The predicted octanol–water partition coefficient (Wildman–Crippen LogP) is 6.85. The van der Waals surface area contributed by atoms with Crippen LogP contribution in [-0.4, -0.2) is 23.3 Å². The molecule has 1 aromatic heterocycles. The van der Waals surface area contributed by atoms with Crippen molar-refractivity contribution in [3.63, 3.8) is 0 Å². The fourth-order valence-electron chi connectivity index (χ4n) is 4.97. The summed E-state index contributed by atoms with van der Waals surface area (Å²) in [5.41, 5.74) is 4.82. The van der Waals surface area contributed by atoms with Gasteiger partial charge in [0.1, 0.15) is 11.5 Å². The SMILES string of the molecule is Cc1cccc(C(=O)N2CCc3oc(-c4ccc(NC(=O)CC(C)CC(C)(C)C)cc4)cc3C2)c1. The molecule has 35 heavy (non-hydrogen) atoms. The van der Waals surface area contributed by atoms with E-state index in [4.69, 9.17) is 4.42 Å². The zero-order valence-corrected chi connectivity index (χ0v) is 21.5. The lowest BCUT2D eigenvalue weighted by atomic mass is 9.84. The standard InChI is InChI=1S/C30H36N2O3/c1-20-7-6-8-23(15-20)29(34)32-14-13-26-24(19-32)17-27(35-26)22-9-11-25(12-10-22)31-28(33)16-21(2)18-30(3,4)5/h6-12,15,17,21H,13-14,16,18-19H2,1-5H3,(H,31,33). The highest BCUT2D eigenvalue weighted by molar-refractivity contribution is 5.94. The highest BCUT2D eigenvalue weighted by atomic mass is 16.3. The molecule has 184 valence electrons. The van der Waals surface area contributed by atoms with E-state index in [1.165, 1.54) is 0 Å². The van der Waals surface area contributed by atoms with Crippen molar-refractivity contribution < 1.29 is 14.0 Å². The molecule has 0 saturated heterocycles. The van der Waals surface area contributed by atoms with Gasteiger partial charge in [-0.05, 0) is 67.1 Å². The lowest BCUT2D eigenvalue weighted by Crippen LogP contribution is -2.35. The Labute approximate surface area is 208 Å². The first kappa shape index (κ1) is 24.8. The molecule has 1 atom stereocenters. The van der Waals surface area contributed by atoms with Crippen LogP contribution in [0.1, 0.15) is 67.8 Å². The molecule has 0 saturated carbocycles. The number of nitrogens with zero attached hydrogens (tertiary/aromatic N) is 1. The summed E-state index contributed by atoms with van der Waals surface area (Å²) in [6.45, 7) is 11.9. The molecule has 0 bridgehead atoms. The lowest BCUT2D eigenvalue weighted by Gasteiger charge is -2.26. The van der Waals surface area contributed by atoms with E-state index in [0.29, 0.717) is 31.8 Å². The predicted molar refractivity (Wildman–Crippen MR) is 140 cm³/mol. The Hall–Kier alpha value is -3.34. The maximum atomic E-state index is 13.0. The van der Waals surface area contributed by atoms with Gasteiger partial charge in [-0.15, -0.1) is 0 Å². The minimum Gasteiger partial charge on any atom is -0.461 e. The second kappa shape index (κ2) is 10.1. The van der Waals surface area contributed by atoms with E-state index in [1.807, 2.05) is 66.4 Å². The van der Waals surface area contributed by atoms with Crippen molar-refractivity contribution in [2.45, 2.75) is 60.4 Å². The summed E-state index contributed by atoms with van der Waals surface area (Å²) < 4.78 is 6.14. The topological polar surface area (TPSA) is 62.6 Å². The number of amides is 2. The number of aryl methyl sites for hydroxylation is 1. The normalized spacial score (nSPS) is 14.4. The molecule has 1 N–H and O–H groups in total. The third kappa shape index (κ3) is 6.41. The Kier molecular flexibility index (Phi) is 7.15. The molecule has 2 amide bonds. The summed E-state index contributed by atoms with van der Waals surface area (Å²) in [5, 5.41) is 3.01. The minimum atomic E-state index is 0.0429. The van der Waals surface area contributed by atoms with E-state index in [2.05, 4.69) is 33.0 Å². The molecule has 0 radical (unpaired) electrons. The maximum Gasteiger partial charge on any atom is 0.254 e. The molecule has 0 fully saturated rings. The van der Waals surface area contributed by atoms with E-state index in [-0.39, 0.29) is 17.2 Å². The van der Waals surface area contributed by atoms with Crippen LogP contribution in [0.5, 0.6) is 0 Å². The van der Waals surface area contributed by atoms with Crippen LogP contribution >= 0.6 is 0 Å². The third-order valence-electron chi connectivity index (χ3n) is 6.37. The van der Waals surface area contributed by atoms with Crippen LogP contribution in [-0.2, 0) is 17.8 Å². The number of fused-ring (bicyclic) bond motifs is 1. The number of nitrogens with one attached hydrogen (secondary N) is 1. The van der Waals surface area contributed by atoms with E-state index in [0.717, 1.165) is 45.9 Å². The molecule has 1 aliphatic heterocycles. The average Bonchev–Trinajstić information content (AvgIpc) is 3.21. The summed E-state index contributed by atoms with van der Waals surface area (Å²) in [5.74, 6) is 2.16. The van der Waals surface area contributed by atoms with Gasteiger partial charge >= 0.3 is 0 Å². The van der Waals surface area contributed by atoms with Crippen molar-refractivity contribution >= 4 is 17.5 Å². The smallest absolute Gasteiger partial charge is 0.254 e. The van der Waals surface area contributed by atoms with Crippen molar-refractivity contribution in [2.75, 3.05) is 11.9 Å².